The average molecular weight is 1290 g/mol. The molecule has 5 aromatic rings. The van der Waals surface area contributed by atoms with Gasteiger partial charge in [0.05, 0.1) is 54.8 Å². The van der Waals surface area contributed by atoms with Gasteiger partial charge in [0.15, 0.2) is 11.6 Å². The predicted octanol–water partition coefficient (Wildman–Crippen LogP) is 6.32. The molecule has 0 radical (unpaired) electrons. The fourth-order valence-corrected chi connectivity index (χ4v) is 9.74. The maximum absolute atomic E-state index is 14.5. The summed E-state index contributed by atoms with van der Waals surface area (Å²) in [7, 11) is -3.56. The lowest BCUT2D eigenvalue weighted by atomic mass is 9.93. The number of carboxylic acid groups (broad SMARTS) is 1. The van der Waals surface area contributed by atoms with Gasteiger partial charge in [-0.25, -0.2) is 51.3 Å². The van der Waals surface area contributed by atoms with E-state index in [1.165, 1.54) is 80.5 Å². The summed E-state index contributed by atoms with van der Waals surface area (Å²) in [6.45, 7) is -4.89. The summed E-state index contributed by atoms with van der Waals surface area (Å²) in [5.41, 5.74) is -0.159. The van der Waals surface area contributed by atoms with E-state index in [0.717, 1.165) is 55.2 Å². The fraction of sp³-hybridized carbons (Fsp3) is 0.320. The van der Waals surface area contributed by atoms with E-state index in [1.807, 2.05) is 6.92 Å². The van der Waals surface area contributed by atoms with Crippen LogP contribution in [0.25, 0.3) is 0 Å². The minimum absolute atomic E-state index is 0.000883. The average Bonchev–Trinajstić information content (AvgIpc) is 2.00. The first-order valence-electron chi connectivity index (χ1n) is 24.9. The zero-order chi connectivity index (χ0) is 64.3. The van der Waals surface area contributed by atoms with Crippen LogP contribution in [0.1, 0.15) is 72.6 Å². The molecule has 0 saturated carbocycles. The molecular weight excluding hydrogens is 1240 g/mol. The molecule has 7 amide bonds. The lowest BCUT2D eigenvalue weighted by Crippen LogP contribution is -2.36. The number of carbonyl (C=O) groups is 7. The number of carbonyl (C=O) groups excluding carboxylic acids is 6. The Kier molecular flexibility index (Phi) is 24.3. The molecule has 0 atom stereocenters. The molecule has 468 valence electrons. The summed E-state index contributed by atoms with van der Waals surface area (Å²) in [5.74, 6) is -7.52. The van der Waals surface area contributed by atoms with Crippen LogP contribution in [0.15, 0.2) is 87.9 Å². The van der Waals surface area contributed by atoms with Gasteiger partial charge in [0.1, 0.15) is 16.5 Å². The number of unbranched alkanes of at least 4 members (excludes halogenated alkanes) is 2. The van der Waals surface area contributed by atoms with E-state index in [0.29, 0.717) is 36.7 Å². The topological polar surface area (TPSA) is 382 Å². The number of methoxy groups -OCH3 is 2. The van der Waals surface area contributed by atoms with Crippen molar-refractivity contribution in [2.24, 2.45) is 0 Å². The standard InChI is InChI=1S/C21H23ClFNO5.C15H18N6O6S.C14H10F4N4O7S/c1-2-3-6-9-28-19(25)12-29-18-11-17(16(23)10-15(18)22)24-20(26)13-7-4-5-8-14(13)21(24)27;1-21(2)13(22)9-6-5-7-16-12(9)28(24,25)20-15(23)19-14-17-10(26-3)8-11(18-14)27-4;15-11(16)28-8-5-9(29-12(17)18)20-13(19-8)21-14(25)22-30(26,27)7-4-2-1-3-6(7)10(23)24/h10-11H,2-9,12H2,1H3;5-8H,1-4H3,(H2,17,18,19,20,23);1-5,11-12H,(H,23,24)(H2,19,20,21,22,25). The van der Waals surface area contributed by atoms with Crippen molar-refractivity contribution in [2.75, 3.05) is 57.1 Å². The number of aromatic nitrogens is 5. The Bertz CT molecular complexity index is 3590. The maximum atomic E-state index is 14.5. The van der Waals surface area contributed by atoms with Crippen molar-refractivity contribution < 1.29 is 106 Å². The highest BCUT2D eigenvalue weighted by Gasteiger charge is 2.41. The number of ether oxygens (including phenoxy) is 6. The van der Waals surface area contributed by atoms with Crippen LogP contribution in [0.5, 0.6) is 29.3 Å². The minimum Gasteiger partial charge on any atom is -0.481 e. The number of nitrogens with one attached hydrogen (secondary N) is 4. The highest BCUT2D eigenvalue weighted by atomic mass is 35.5. The van der Waals surface area contributed by atoms with Gasteiger partial charge in [0, 0.05) is 37.5 Å². The number of imide groups is 1. The monoisotopic (exact) mass is 1290 g/mol. The van der Waals surface area contributed by atoms with Crippen LogP contribution in [0.4, 0.5) is 49.1 Å². The predicted molar refractivity (Wildman–Crippen MR) is 290 cm³/mol. The molecule has 0 unspecified atom stereocenters. The molecule has 0 saturated heterocycles. The number of aromatic carboxylic acids is 1. The van der Waals surface area contributed by atoms with Crippen molar-refractivity contribution in [2.45, 2.75) is 75.0 Å². The fourth-order valence-electron chi connectivity index (χ4n) is 7.39. The number of hydrogen-bond donors (Lipinski definition) is 5. The van der Waals surface area contributed by atoms with Gasteiger partial charge in [-0.05, 0) is 62.4 Å². The smallest absolute Gasteiger partial charge is 0.388 e. The molecule has 87 heavy (non-hydrogen) atoms. The number of urea groups is 2. The van der Waals surface area contributed by atoms with Gasteiger partial charge in [-0.15, -0.1) is 0 Å². The summed E-state index contributed by atoms with van der Waals surface area (Å²) in [6.07, 6.45) is 6.59. The SMILES string of the molecule is CCCCCOC(=O)COc1cc(N2C(=O)C3=C(CCCC3)C2=O)c(F)cc1Cl.COc1cc(OC)nc(NC(=O)NS(=O)(=O)c2ncccc2C(=O)N(C)C)n1.O=C(Nc1nc(OC(F)F)cc(OC(F)F)n1)NS(=O)(=O)c1ccccc1C(=O)O. The quantitative estimate of drug-likeness (QED) is 0.0219. The van der Waals surface area contributed by atoms with Crippen LogP contribution in [-0.2, 0) is 39.2 Å². The third kappa shape index (κ3) is 19.2. The van der Waals surface area contributed by atoms with E-state index in [9.17, 15) is 72.3 Å². The Balaban J connectivity index is 0.000000238. The number of sulfonamides is 2. The van der Waals surface area contributed by atoms with Crippen molar-refractivity contribution in [3.63, 3.8) is 0 Å². The third-order valence-corrected chi connectivity index (χ3v) is 14.1. The first-order chi connectivity index (χ1) is 41.1. The lowest BCUT2D eigenvalue weighted by Gasteiger charge is -2.18. The molecule has 5 N–H and O–H groups in total. The molecule has 4 heterocycles. The van der Waals surface area contributed by atoms with Crippen molar-refractivity contribution in [1.29, 1.82) is 0 Å². The molecular formula is C50H51ClF5N11O18S2. The summed E-state index contributed by atoms with van der Waals surface area (Å²) < 4.78 is 145. The zero-order valence-corrected chi connectivity index (χ0v) is 48.4. The molecule has 0 fully saturated rings. The van der Waals surface area contributed by atoms with Crippen LogP contribution in [-0.4, -0.2) is 148 Å². The zero-order valence-electron chi connectivity index (χ0n) is 46.0. The van der Waals surface area contributed by atoms with Crippen LogP contribution in [0.3, 0.4) is 0 Å². The second-order valence-electron chi connectivity index (χ2n) is 17.4. The molecule has 29 nitrogen and oxygen atoms in total. The molecule has 7 rings (SSSR count). The van der Waals surface area contributed by atoms with Gasteiger partial charge in [-0.1, -0.05) is 43.5 Å². The van der Waals surface area contributed by atoms with Gasteiger partial charge in [-0.2, -0.15) is 45.9 Å². The van der Waals surface area contributed by atoms with Crippen molar-refractivity contribution in [3.05, 3.63) is 100.0 Å². The first-order valence-corrected chi connectivity index (χ1v) is 28.2. The Morgan fingerprint density at radius 1 is 0.736 bits per heavy atom. The summed E-state index contributed by atoms with van der Waals surface area (Å²) in [6, 6.07) is 8.27. The molecule has 2 aromatic carbocycles. The van der Waals surface area contributed by atoms with Crippen LogP contribution < -0.4 is 48.7 Å². The number of anilines is 3. The Morgan fingerprint density at radius 2 is 1.25 bits per heavy atom. The lowest BCUT2D eigenvalue weighted by molar-refractivity contribution is -0.146. The van der Waals surface area contributed by atoms with Gasteiger partial charge < -0.3 is 38.4 Å². The van der Waals surface area contributed by atoms with Gasteiger partial charge >= 0.3 is 37.2 Å². The Morgan fingerprint density at radius 3 is 1.77 bits per heavy atom. The van der Waals surface area contributed by atoms with Gasteiger partial charge in [0.25, 0.3) is 37.8 Å². The van der Waals surface area contributed by atoms with E-state index < -0.39 is 121 Å². The molecule has 1 aliphatic heterocycles. The van der Waals surface area contributed by atoms with E-state index in [2.05, 4.69) is 39.7 Å². The van der Waals surface area contributed by atoms with Crippen LogP contribution in [0.2, 0.25) is 5.02 Å². The van der Waals surface area contributed by atoms with E-state index in [-0.39, 0.29) is 39.7 Å². The maximum Gasteiger partial charge on any atom is 0.388 e. The Labute approximate surface area is 495 Å². The highest BCUT2D eigenvalue weighted by molar-refractivity contribution is 7.90. The van der Waals surface area contributed by atoms with Crippen molar-refractivity contribution >= 4 is 91.0 Å². The number of rotatable bonds is 22. The van der Waals surface area contributed by atoms with E-state index in [1.54, 1.807) is 10.0 Å². The molecule has 0 bridgehead atoms. The van der Waals surface area contributed by atoms with Crippen LogP contribution >= 0.6 is 11.6 Å². The van der Waals surface area contributed by atoms with Crippen LogP contribution in [0, 0.1) is 5.82 Å². The number of alkyl halides is 4. The highest BCUT2D eigenvalue weighted by Crippen LogP contribution is 2.40. The third-order valence-electron chi connectivity index (χ3n) is 11.2. The first kappa shape index (κ1) is 68.2. The van der Waals surface area contributed by atoms with Crippen molar-refractivity contribution in [1.82, 2.24) is 39.3 Å². The number of halogens is 6. The largest absolute Gasteiger partial charge is 0.481 e. The summed E-state index contributed by atoms with van der Waals surface area (Å²) in [4.78, 5) is 104. The number of pyridine rings is 1. The molecule has 1 aliphatic carbocycles. The second-order valence-corrected chi connectivity index (χ2v) is 21.1. The van der Waals surface area contributed by atoms with Gasteiger partial charge in [0.2, 0.25) is 35.4 Å². The molecule has 37 heteroatoms. The molecule has 0 spiro atoms. The number of esters is 1. The summed E-state index contributed by atoms with van der Waals surface area (Å²) >= 11 is 6.02. The second kappa shape index (κ2) is 31.0. The summed E-state index contributed by atoms with van der Waals surface area (Å²) in [5, 5.41) is 12.2. The number of nitrogens with zero attached hydrogens (tertiary/aromatic N) is 7. The number of benzene rings is 2. The number of amides is 7. The molecule has 3 aromatic heterocycles. The normalized spacial score (nSPS) is 12.8. The van der Waals surface area contributed by atoms with Gasteiger partial charge in [-0.3, -0.25) is 25.0 Å². The van der Waals surface area contributed by atoms with Crippen molar-refractivity contribution in [3.8, 4) is 29.3 Å². The van der Waals surface area contributed by atoms with E-state index >= 15 is 0 Å². The minimum atomic E-state index is -4.71. The van der Waals surface area contributed by atoms with E-state index in [4.69, 9.17) is 35.7 Å². The molecule has 2 aliphatic rings. The Hall–Kier alpha value is -9.58. The number of hydrogen-bond acceptors (Lipinski definition) is 22. The number of carboxylic acids is 1.